The van der Waals surface area contributed by atoms with Crippen LogP contribution in [0.25, 0.3) is 32.3 Å². The van der Waals surface area contributed by atoms with Crippen molar-refractivity contribution in [1.82, 2.24) is 0 Å². The van der Waals surface area contributed by atoms with E-state index in [-0.39, 0.29) is 5.78 Å². The van der Waals surface area contributed by atoms with Crippen LogP contribution in [0.2, 0.25) is 0 Å². The molecular weight excluding hydrogens is 400 g/mol. The molecule has 5 aromatic rings. The normalized spacial score (nSPS) is 11.5. The van der Waals surface area contributed by atoms with Crippen LogP contribution < -0.4 is 4.74 Å². The number of halogens is 1. The summed E-state index contributed by atoms with van der Waals surface area (Å²) in [6.45, 7) is 0. The molecule has 0 atom stereocenters. The zero-order valence-electron chi connectivity index (χ0n) is 14.6. The second-order valence-corrected chi connectivity index (χ2v) is 7.47. The number of ether oxygens (including phenoxy) is 1. The molecule has 130 valence electrons. The molecule has 0 bridgehead atoms. The molecule has 0 heterocycles. The molecule has 0 aliphatic carbocycles. The molecule has 0 spiro atoms. The number of carbonyl (C=O) groups excluding carboxylic acids is 1. The van der Waals surface area contributed by atoms with E-state index in [2.05, 4.69) is 52.3 Å². The van der Waals surface area contributed by atoms with Crippen molar-refractivity contribution in [2.24, 2.45) is 0 Å². The molecular formula is C24H15BrO2. The topological polar surface area (TPSA) is 26.3 Å². The minimum atomic E-state index is -0.0237. The second-order valence-electron chi connectivity index (χ2n) is 6.61. The monoisotopic (exact) mass is 414 g/mol. The van der Waals surface area contributed by atoms with E-state index in [0.717, 1.165) is 26.0 Å². The van der Waals surface area contributed by atoms with E-state index < -0.39 is 0 Å². The Labute approximate surface area is 164 Å². The van der Waals surface area contributed by atoms with Gasteiger partial charge in [0.15, 0.2) is 5.78 Å². The number of para-hydroxylation sites is 1. The largest absolute Gasteiger partial charge is 0.496 e. The third kappa shape index (κ3) is 2.35. The highest BCUT2D eigenvalue weighted by Gasteiger charge is 2.19. The van der Waals surface area contributed by atoms with Crippen molar-refractivity contribution >= 4 is 54.0 Å². The minimum Gasteiger partial charge on any atom is -0.496 e. The highest BCUT2D eigenvalue weighted by atomic mass is 79.9. The van der Waals surface area contributed by atoms with Crippen molar-refractivity contribution in [2.45, 2.75) is 0 Å². The van der Waals surface area contributed by atoms with Gasteiger partial charge in [-0.25, -0.2) is 0 Å². The molecule has 0 aromatic heterocycles. The summed E-state index contributed by atoms with van der Waals surface area (Å²) in [5, 5.41) is 6.76. The maximum absolute atomic E-state index is 13.3. The fourth-order valence-corrected chi connectivity index (χ4v) is 4.40. The Morgan fingerprint density at radius 1 is 0.741 bits per heavy atom. The molecule has 0 saturated heterocycles. The second kappa shape index (κ2) is 6.07. The fraction of sp³-hybridized carbons (Fsp3) is 0.0417. The van der Waals surface area contributed by atoms with Crippen molar-refractivity contribution < 1.29 is 9.53 Å². The van der Waals surface area contributed by atoms with Gasteiger partial charge in [-0.15, -0.1) is 0 Å². The summed E-state index contributed by atoms with van der Waals surface area (Å²) in [4.78, 5) is 13.3. The lowest BCUT2D eigenvalue weighted by molar-refractivity contribution is 0.103. The first kappa shape index (κ1) is 16.3. The third-order valence-corrected chi connectivity index (χ3v) is 5.90. The highest BCUT2D eigenvalue weighted by Crippen LogP contribution is 2.39. The molecule has 0 amide bonds. The number of methoxy groups -OCH3 is 1. The first-order valence-electron chi connectivity index (χ1n) is 8.73. The van der Waals surface area contributed by atoms with Crippen molar-refractivity contribution in [3.05, 3.63) is 88.4 Å². The third-order valence-electron chi connectivity index (χ3n) is 5.21. The van der Waals surface area contributed by atoms with Crippen LogP contribution in [0, 0.1) is 0 Å². The Hall–Kier alpha value is -2.91. The fourth-order valence-electron chi connectivity index (χ4n) is 3.94. The van der Waals surface area contributed by atoms with Crippen LogP contribution in [0.3, 0.4) is 0 Å². The molecule has 0 aliphatic rings. The Morgan fingerprint density at radius 3 is 2.15 bits per heavy atom. The molecule has 2 nitrogen and oxygen atoms in total. The van der Waals surface area contributed by atoms with Crippen LogP contribution >= 0.6 is 15.9 Å². The zero-order valence-corrected chi connectivity index (χ0v) is 16.2. The number of rotatable bonds is 3. The first-order valence-corrected chi connectivity index (χ1v) is 9.52. The molecule has 0 N–H and O–H groups in total. The van der Waals surface area contributed by atoms with Crippen LogP contribution in [-0.4, -0.2) is 12.9 Å². The SMILES string of the molecule is COc1ccccc1C(=O)c1ccc2ccc3c(Br)ccc4ccc1c2c43. The Balaban J connectivity index is 1.86. The molecule has 3 heteroatoms. The van der Waals surface area contributed by atoms with Gasteiger partial charge >= 0.3 is 0 Å². The number of hydrogen-bond donors (Lipinski definition) is 0. The lowest BCUT2D eigenvalue weighted by Gasteiger charge is -2.15. The van der Waals surface area contributed by atoms with Crippen molar-refractivity contribution in [3.8, 4) is 5.75 Å². The van der Waals surface area contributed by atoms with Gasteiger partial charge in [0.05, 0.1) is 12.7 Å². The summed E-state index contributed by atoms with van der Waals surface area (Å²) in [7, 11) is 1.59. The summed E-state index contributed by atoms with van der Waals surface area (Å²) < 4.78 is 6.46. The quantitative estimate of drug-likeness (QED) is 0.246. The van der Waals surface area contributed by atoms with E-state index >= 15 is 0 Å². The first-order chi connectivity index (χ1) is 13.2. The lowest BCUT2D eigenvalue weighted by atomic mass is 9.89. The van der Waals surface area contributed by atoms with E-state index in [4.69, 9.17) is 4.74 Å². The Kier molecular flexibility index (Phi) is 3.66. The average molecular weight is 415 g/mol. The highest BCUT2D eigenvalue weighted by molar-refractivity contribution is 9.10. The van der Waals surface area contributed by atoms with Crippen LogP contribution in [0.4, 0.5) is 0 Å². The van der Waals surface area contributed by atoms with Crippen LogP contribution in [0.5, 0.6) is 5.75 Å². The summed E-state index contributed by atoms with van der Waals surface area (Å²) in [5.74, 6) is 0.570. The molecule has 27 heavy (non-hydrogen) atoms. The van der Waals surface area contributed by atoms with Gasteiger partial charge in [0, 0.05) is 10.0 Å². The molecule has 0 saturated carbocycles. The number of benzene rings is 5. The van der Waals surface area contributed by atoms with Gasteiger partial charge in [0.25, 0.3) is 0 Å². The van der Waals surface area contributed by atoms with Crippen LogP contribution in [0.15, 0.2) is 77.3 Å². The smallest absolute Gasteiger partial charge is 0.197 e. The van der Waals surface area contributed by atoms with E-state index in [1.165, 1.54) is 10.8 Å². The molecule has 0 unspecified atom stereocenters. The molecule has 0 radical (unpaired) electrons. The van der Waals surface area contributed by atoms with Gasteiger partial charge < -0.3 is 4.74 Å². The zero-order chi connectivity index (χ0) is 18.5. The van der Waals surface area contributed by atoms with Crippen molar-refractivity contribution in [3.63, 3.8) is 0 Å². The summed E-state index contributed by atoms with van der Waals surface area (Å²) >= 11 is 3.66. The number of hydrogen-bond acceptors (Lipinski definition) is 2. The van der Waals surface area contributed by atoms with Gasteiger partial charge in [-0.05, 0) is 56.6 Å². The number of carbonyl (C=O) groups is 1. The average Bonchev–Trinajstić information content (AvgIpc) is 2.72. The molecule has 0 aliphatic heterocycles. The Bertz CT molecular complexity index is 1340. The van der Waals surface area contributed by atoms with E-state index in [1.54, 1.807) is 7.11 Å². The standard InChI is InChI=1S/C24H15BrO2/c1-27-21-5-3-2-4-19(21)24(26)17-11-7-14-8-12-18-20(25)13-9-15-6-10-16(17)22(14)23(15)18/h2-13H,1H3. The molecule has 0 fully saturated rings. The van der Waals surface area contributed by atoms with Crippen LogP contribution in [-0.2, 0) is 0 Å². The summed E-state index contributed by atoms with van der Waals surface area (Å²) in [5.41, 5.74) is 1.28. The van der Waals surface area contributed by atoms with E-state index in [1.807, 2.05) is 36.4 Å². The van der Waals surface area contributed by atoms with Gasteiger partial charge in [0.1, 0.15) is 5.75 Å². The van der Waals surface area contributed by atoms with E-state index in [0.29, 0.717) is 16.9 Å². The van der Waals surface area contributed by atoms with Gasteiger partial charge in [-0.2, -0.15) is 0 Å². The van der Waals surface area contributed by atoms with E-state index in [9.17, 15) is 4.79 Å². The molecule has 5 aromatic carbocycles. The predicted octanol–water partition coefficient (Wildman–Crippen LogP) is 6.59. The molecule has 5 rings (SSSR count). The van der Waals surface area contributed by atoms with Crippen molar-refractivity contribution in [1.29, 1.82) is 0 Å². The van der Waals surface area contributed by atoms with Crippen LogP contribution in [0.1, 0.15) is 15.9 Å². The minimum absolute atomic E-state index is 0.0237. The summed E-state index contributed by atoms with van der Waals surface area (Å²) in [6.07, 6.45) is 0. The van der Waals surface area contributed by atoms with Gasteiger partial charge in [-0.3, -0.25) is 4.79 Å². The number of ketones is 1. The maximum Gasteiger partial charge on any atom is 0.197 e. The predicted molar refractivity (Wildman–Crippen MR) is 114 cm³/mol. The Morgan fingerprint density at radius 2 is 1.37 bits per heavy atom. The van der Waals surface area contributed by atoms with Gasteiger partial charge in [0.2, 0.25) is 0 Å². The van der Waals surface area contributed by atoms with Crippen molar-refractivity contribution in [2.75, 3.05) is 7.11 Å². The summed E-state index contributed by atoms with van der Waals surface area (Å²) in [6, 6.07) is 23.9. The van der Waals surface area contributed by atoms with Gasteiger partial charge in [-0.1, -0.05) is 64.5 Å². The maximum atomic E-state index is 13.3. The lowest BCUT2D eigenvalue weighted by Crippen LogP contribution is -2.05.